The van der Waals surface area contributed by atoms with Gasteiger partial charge in [0.15, 0.2) is 46.2 Å². The van der Waals surface area contributed by atoms with Crippen LogP contribution in [0.1, 0.15) is 222 Å². The quantitative estimate of drug-likeness (QED) is 0.0122. The van der Waals surface area contributed by atoms with E-state index in [2.05, 4.69) is 80.5 Å². The minimum atomic E-state index is -1.23. The second-order valence-corrected chi connectivity index (χ2v) is 28.8. The number of carboxylic acid groups (broad SMARTS) is 1. The molecule has 0 bridgehead atoms. The Hall–Kier alpha value is -12.5. The Morgan fingerprint density at radius 3 is 1.52 bits per heavy atom. The fourth-order valence-corrected chi connectivity index (χ4v) is 13.5. The minimum Gasteiger partial charge on any atom is -0.490 e. The summed E-state index contributed by atoms with van der Waals surface area (Å²) in [5, 5.41) is 54.5. The summed E-state index contributed by atoms with van der Waals surface area (Å²) in [6, 6.07) is 8.13. The highest BCUT2D eigenvalue weighted by molar-refractivity contribution is 6.26. The number of nitrogens with one attached hydrogen (secondary N) is 4. The molecule has 2 saturated heterocycles. The van der Waals surface area contributed by atoms with E-state index in [1.165, 1.54) is 0 Å². The zero-order chi connectivity index (χ0) is 82.7. The Morgan fingerprint density at radius 2 is 1.06 bits per heavy atom. The summed E-state index contributed by atoms with van der Waals surface area (Å²) in [5.74, 6) is 8.66. The fraction of sp³-hybridized carbons (Fsp3) is 0.468. The SMILES string of the molecule is CCn1c(-c2nonc2N)nc2c(C#CC(C)(C)O)ncc(OCCCCCCCC(=O)NCCCNc3cccc4c3C(=O)N(C3CCC(=O)NC3=O)C4=O)c21.CCn1c(-c2nonc2N)nc2c(C#CC(C)(C)O)ncc(OCCCCCCCC(=O)O)c21.NCCCCc1cccc2c1C(=O)N(C1CCC(=O)NC1=O)C2=O. The molecule has 0 spiro atoms. The Bertz CT molecular complexity index is 5100. The number of ether oxygens (including phenoxy) is 2. The van der Waals surface area contributed by atoms with E-state index >= 15 is 0 Å². The number of carboxylic acids is 1. The highest BCUT2D eigenvalue weighted by Gasteiger charge is 2.47. The third-order valence-electron chi connectivity index (χ3n) is 19.0. The van der Waals surface area contributed by atoms with Crippen LogP contribution < -0.4 is 47.9 Å². The van der Waals surface area contributed by atoms with E-state index in [1.807, 2.05) is 29.0 Å². The molecule has 8 aromatic rings. The number of aliphatic hydroxyl groups is 2. The van der Waals surface area contributed by atoms with Crippen LogP contribution in [0.3, 0.4) is 0 Å². The predicted molar refractivity (Wildman–Crippen MR) is 417 cm³/mol. The molecule has 12 rings (SSSR count). The standard InChI is InChI=1S/C39H46N10O8.C23H30N6O5.C17H19N3O4/c1-4-48-33-27(22-43-25(17-18-39(2,3)55)31(33)45-35(48)32-34(40)47-57-46-32)56-21-9-7-5-6-8-14-28(50)42-20-11-19-41-24-13-10-12-23-30(24)38(54)49(37(23)53)26-15-16-29(51)44-36(26)52;1-4-29-20-16(33-13-9-7-5-6-8-10-17(30)31)14-25-15(11-12-23(2,3)32)18(20)26-22(29)19-21(24)28-34-27-19;18-9-2-1-4-10-5-3-6-11-14(10)17(24)20(16(11)23)12-7-8-13(21)19-15(12)22/h10,12-13,22,26,41,55H,4-9,11,14-16,19-21H2,1-3H3,(H2,40,47)(H,42,50)(H,44,51,52);14,32H,4-10,13H2,1-3H3,(H2,24,28)(H,30,31);3,5-6,12H,1-2,4,7-9,18H2,(H,19,21,22). The third-order valence-corrected chi connectivity index (χ3v) is 19.0. The van der Waals surface area contributed by atoms with Crippen molar-refractivity contribution in [3.8, 4) is 58.2 Å². The fourth-order valence-electron chi connectivity index (χ4n) is 13.5. The number of nitrogen functional groups attached to an aromatic ring is 2. The maximum absolute atomic E-state index is 13.3. The maximum Gasteiger partial charge on any atom is 0.303 e. The third kappa shape index (κ3) is 21.0. The van der Waals surface area contributed by atoms with Gasteiger partial charge in [0.05, 0.1) is 47.9 Å². The molecule has 115 heavy (non-hydrogen) atoms. The first-order valence-corrected chi connectivity index (χ1v) is 38.5. The van der Waals surface area contributed by atoms with Crippen molar-refractivity contribution in [1.29, 1.82) is 0 Å². The molecule has 2 aromatic carbocycles. The number of rotatable bonds is 33. The minimum absolute atomic E-state index is 0.0399. The van der Waals surface area contributed by atoms with Gasteiger partial charge in [-0.3, -0.25) is 68.4 Å². The molecule has 4 aliphatic heterocycles. The number of aryl methyl sites for hydroxylation is 3. The number of hydrogen-bond donors (Lipinski definition) is 10. The predicted octanol–water partition coefficient (Wildman–Crippen LogP) is 6.32. The molecule has 2 atom stereocenters. The number of aliphatic carboxylic acids is 1. The molecule has 36 nitrogen and oxygen atoms in total. The van der Waals surface area contributed by atoms with Gasteiger partial charge in [-0.25, -0.2) is 29.2 Å². The lowest BCUT2D eigenvalue weighted by Crippen LogP contribution is -2.54. The van der Waals surface area contributed by atoms with Crippen molar-refractivity contribution in [2.24, 2.45) is 5.73 Å². The van der Waals surface area contributed by atoms with Crippen molar-refractivity contribution in [3.63, 3.8) is 0 Å². The molecule has 13 N–H and O–H groups in total. The monoisotopic (exact) mass is 1580 g/mol. The normalized spacial score (nSPS) is 15.2. The number of piperidine rings is 2. The van der Waals surface area contributed by atoms with E-state index in [0.717, 1.165) is 86.0 Å². The summed E-state index contributed by atoms with van der Waals surface area (Å²) in [6.07, 6.45) is 15.7. The van der Waals surface area contributed by atoms with Crippen molar-refractivity contribution >= 4 is 98.5 Å². The van der Waals surface area contributed by atoms with Gasteiger partial charge in [0.1, 0.15) is 56.7 Å². The number of nitrogens with two attached hydrogens (primary N) is 3. The summed E-state index contributed by atoms with van der Waals surface area (Å²) in [5.41, 5.74) is 21.1. The molecule has 0 saturated carbocycles. The average Bonchev–Trinajstić information content (AvgIpc) is 1.63. The molecule has 608 valence electrons. The van der Waals surface area contributed by atoms with Crippen LogP contribution in [0.25, 0.3) is 45.1 Å². The number of amides is 9. The van der Waals surface area contributed by atoms with Gasteiger partial charge in [-0.15, -0.1) is 0 Å². The average molecular weight is 1580 g/mol. The van der Waals surface area contributed by atoms with Gasteiger partial charge in [0.2, 0.25) is 29.5 Å². The topological polar surface area (TPSA) is 522 Å². The number of benzene rings is 2. The lowest BCUT2D eigenvalue weighted by Gasteiger charge is -2.27. The number of anilines is 3. The zero-order valence-electron chi connectivity index (χ0n) is 65.0. The number of unbranched alkanes of at least 4 members (excludes halogenated alkanes) is 9. The van der Waals surface area contributed by atoms with Gasteiger partial charge < -0.3 is 61.8 Å². The van der Waals surface area contributed by atoms with Crippen LogP contribution >= 0.6 is 0 Å². The molecular formula is C79H95N19O17. The molecule has 0 aliphatic carbocycles. The Morgan fingerprint density at radius 1 is 0.591 bits per heavy atom. The van der Waals surface area contributed by atoms with E-state index < -0.39 is 70.6 Å². The molecule has 10 heterocycles. The van der Waals surface area contributed by atoms with Crippen LogP contribution in [0.4, 0.5) is 17.3 Å². The van der Waals surface area contributed by atoms with Crippen molar-refractivity contribution in [3.05, 3.63) is 88.0 Å². The van der Waals surface area contributed by atoms with Crippen molar-refractivity contribution in [2.45, 2.75) is 206 Å². The number of carbonyl (C=O) groups excluding carboxylic acids is 9. The number of fused-ring (bicyclic) bond motifs is 4. The molecular weight excluding hydrogens is 1490 g/mol. The molecule has 2 fully saturated rings. The molecule has 6 aromatic heterocycles. The van der Waals surface area contributed by atoms with Gasteiger partial charge in [-0.2, -0.15) is 0 Å². The number of nitrogens with zero attached hydrogens (tertiary/aromatic N) is 12. The van der Waals surface area contributed by atoms with Crippen molar-refractivity contribution < 1.29 is 82.0 Å². The van der Waals surface area contributed by atoms with Gasteiger partial charge in [0, 0.05) is 57.5 Å². The van der Waals surface area contributed by atoms with Crippen LogP contribution in [-0.2, 0) is 48.3 Å². The summed E-state index contributed by atoms with van der Waals surface area (Å²) in [6.45, 7) is 13.7. The summed E-state index contributed by atoms with van der Waals surface area (Å²) < 4.78 is 25.6. The van der Waals surface area contributed by atoms with Crippen LogP contribution in [0, 0.1) is 23.7 Å². The van der Waals surface area contributed by atoms with Gasteiger partial charge in [-0.05, 0) is 169 Å². The second kappa shape index (κ2) is 38.8. The summed E-state index contributed by atoms with van der Waals surface area (Å²) in [7, 11) is 0. The van der Waals surface area contributed by atoms with Gasteiger partial charge >= 0.3 is 5.97 Å². The molecule has 2 unspecified atom stereocenters. The molecule has 9 amide bonds. The van der Waals surface area contributed by atoms with E-state index in [9.17, 15) is 58.2 Å². The van der Waals surface area contributed by atoms with E-state index in [-0.39, 0.29) is 72.4 Å². The first kappa shape index (κ1) is 84.9. The van der Waals surface area contributed by atoms with Crippen molar-refractivity contribution in [1.82, 2.24) is 75.4 Å². The zero-order valence-corrected chi connectivity index (χ0v) is 65.0. The van der Waals surface area contributed by atoms with E-state index in [0.29, 0.717) is 151 Å². The van der Waals surface area contributed by atoms with Crippen LogP contribution in [0.15, 0.2) is 58.0 Å². The Labute approximate surface area is 661 Å². The molecule has 0 radical (unpaired) electrons. The van der Waals surface area contributed by atoms with Gasteiger partial charge in [-0.1, -0.05) is 68.6 Å². The molecule has 4 aliphatic rings. The Balaban J connectivity index is 0.000000203. The number of carbonyl (C=O) groups is 10. The number of pyridine rings is 2. The number of aromatic nitrogens is 10. The van der Waals surface area contributed by atoms with E-state index in [1.54, 1.807) is 70.4 Å². The van der Waals surface area contributed by atoms with Crippen LogP contribution in [0.2, 0.25) is 0 Å². The maximum atomic E-state index is 13.3. The largest absolute Gasteiger partial charge is 0.490 e. The summed E-state index contributed by atoms with van der Waals surface area (Å²) >= 11 is 0. The van der Waals surface area contributed by atoms with Crippen LogP contribution in [-0.4, -0.2) is 190 Å². The first-order valence-electron chi connectivity index (χ1n) is 38.5. The summed E-state index contributed by atoms with van der Waals surface area (Å²) in [4.78, 5) is 142. The van der Waals surface area contributed by atoms with Gasteiger partial charge in [0.25, 0.3) is 23.6 Å². The second-order valence-electron chi connectivity index (χ2n) is 28.8. The lowest BCUT2D eigenvalue weighted by molar-refractivity contribution is -0.138. The first-order chi connectivity index (χ1) is 55.1. The highest BCUT2D eigenvalue weighted by atomic mass is 16.6. The molecule has 36 heteroatoms. The number of hydrogen-bond acceptors (Lipinski definition) is 28. The van der Waals surface area contributed by atoms with E-state index in [4.69, 9.17) is 46.0 Å². The van der Waals surface area contributed by atoms with Crippen LogP contribution in [0.5, 0.6) is 11.5 Å². The van der Waals surface area contributed by atoms with Crippen molar-refractivity contribution in [2.75, 3.05) is 49.6 Å². The number of imidazole rings is 2. The highest BCUT2D eigenvalue weighted by Crippen LogP contribution is 2.38. The smallest absolute Gasteiger partial charge is 0.303 e. The Kier molecular flexibility index (Phi) is 28.6. The lowest BCUT2D eigenvalue weighted by atomic mass is 9.98. The number of imide groups is 4.